The van der Waals surface area contributed by atoms with Gasteiger partial charge in [-0.05, 0) is 13.3 Å². The summed E-state index contributed by atoms with van der Waals surface area (Å²) in [4.78, 5) is 11.6. The van der Waals surface area contributed by atoms with Gasteiger partial charge in [0.2, 0.25) is 5.91 Å². The van der Waals surface area contributed by atoms with Crippen molar-refractivity contribution in [3.63, 3.8) is 0 Å². The lowest BCUT2D eigenvalue weighted by Crippen LogP contribution is -2.38. The summed E-state index contributed by atoms with van der Waals surface area (Å²) in [5, 5.41) is -0.472. The fourth-order valence-electron chi connectivity index (χ4n) is 1.10. The van der Waals surface area contributed by atoms with E-state index in [-0.39, 0.29) is 12.5 Å². The Hall–Kier alpha value is -0.0300. The third kappa shape index (κ3) is 4.00. The van der Waals surface area contributed by atoms with Crippen molar-refractivity contribution in [3.8, 4) is 0 Å². The van der Waals surface area contributed by atoms with E-state index in [0.717, 1.165) is 11.1 Å². The van der Waals surface area contributed by atoms with Crippen LogP contribution in [0.25, 0.3) is 0 Å². The Morgan fingerprint density at radius 2 is 2.00 bits per heavy atom. The maximum atomic E-state index is 11.6. The summed E-state index contributed by atoms with van der Waals surface area (Å²) in [5.41, 5.74) is 10.5. The van der Waals surface area contributed by atoms with E-state index in [1.807, 2.05) is 6.92 Å². The molecule has 0 heterocycles. The van der Waals surface area contributed by atoms with Crippen LogP contribution in [0.2, 0.25) is 0 Å². The van der Waals surface area contributed by atoms with Crippen molar-refractivity contribution in [2.75, 3.05) is 6.54 Å². The van der Waals surface area contributed by atoms with E-state index in [1.165, 1.54) is 0 Å². The highest BCUT2D eigenvalue weighted by Gasteiger charge is 2.28. The van der Waals surface area contributed by atoms with Crippen molar-refractivity contribution in [2.45, 2.75) is 31.9 Å². The first-order chi connectivity index (χ1) is 6.34. The quantitative estimate of drug-likeness (QED) is 0.492. The van der Waals surface area contributed by atoms with Gasteiger partial charge in [0, 0.05) is 6.54 Å². The first kappa shape index (κ1) is 14.0. The number of nitrogens with two attached hydrogens (primary N) is 2. The Morgan fingerprint density at radius 1 is 1.50 bits per heavy atom. The molecule has 84 valence electrons. The molecule has 7 heteroatoms. The number of hydrogen-bond acceptors (Lipinski definition) is 3. The van der Waals surface area contributed by atoms with Gasteiger partial charge in [-0.2, -0.15) is 12.6 Å². The molecule has 1 amide bonds. The van der Waals surface area contributed by atoms with Crippen LogP contribution in [0.5, 0.6) is 0 Å². The van der Waals surface area contributed by atoms with E-state index in [9.17, 15) is 9.36 Å². The zero-order valence-electron chi connectivity index (χ0n) is 8.51. The van der Waals surface area contributed by atoms with Gasteiger partial charge in [-0.25, -0.2) is 0 Å². The smallest absolute Gasteiger partial charge is 0.273 e. The maximum absolute atomic E-state index is 11.6. The number of carbonyl (C=O) groups is 1. The second kappa shape index (κ2) is 5.75. The minimum absolute atomic E-state index is 0.240. The molecule has 0 aromatic heterocycles. The molecule has 0 aliphatic carbocycles. The maximum Gasteiger partial charge on any atom is 0.302 e. The van der Waals surface area contributed by atoms with Gasteiger partial charge in [-0.15, -0.1) is 0 Å². The molecular weight excluding hydrogens is 221 g/mol. The first-order valence-electron chi connectivity index (χ1n) is 4.51. The number of carbonyl (C=O) groups excluding carboxylic acids is 1. The van der Waals surface area contributed by atoms with Gasteiger partial charge < -0.3 is 0 Å². The average Bonchev–Trinajstić information content (AvgIpc) is 2.03. The molecule has 0 aromatic carbocycles. The molecule has 1 unspecified atom stereocenters. The molecule has 0 spiro atoms. The highest BCUT2D eigenvalue weighted by molar-refractivity contribution is 7.81. The first-order valence-corrected chi connectivity index (χ1v) is 6.83. The molecule has 0 aliphatic rings. The number of rotatable bonds is 5. The molecule has 0 bridgehead atoms. The lowest BCUT2D eigenvalue weighted by Gasteiger charge is -2.26. The van der Waals surface area contributed by atoms with Crippen molar-refractivity contribution < 1.29 is 9.36 Å². The Morgan fingerprint density at radius 3 is 2.29 bits per heavy atom. The second-order valence-electron chi connectivity index (χ2n) is 3.03. The summed E-state index contributed by atoms with van der Waals surface area (Å²) in [7, 11) is -3.47. The van der Waals surface area contributed by atoms with Crippen molar-refractivity contribution >= 4 is 26.1 Å². The largest absolute Gasteiger partial charge is 0.302 e. The summed E-state index contributed by atoms with van der Waals surface area (Å²) in [6.07, 6.45) is 1.45. The van der Waals surface area contributed by atoms with E-state index >= 15 is 0 Å². The Labute approximate surface area is 90.1 Å². The van der Waals surface area contributed by atoms with E-state index in [1.54, 1.807) is 6.92 Å². The lowest BCUT2D eigenvalue weighted by atomic mass is 10.2. The molecule has 0 aliphatic heterocycles. The van der Waals surface area contributed by atoms with Gasteiger partial charge >= 0.3 is 7.59 Å². The molecule has 4 N–H and O–H groups in total. The molecule has 0 aromatic rings. The minimum Gasteiger partial charge on any atom is -0.273 e. The number of hydrogen-bond donors (Lipinski definition) is 3. The molecular formula is C7H18N3O2PS. The minimum atomic E-state index is -3.47. The van der Waals surface area contributed by atoms with Crippen LogP contribution in [-0.4, -0.2) is 22.4 Å². The normalized spacial score (nSPS) is 13.8. The number of amides is 1. The van der Waals surface area contributed by atoms with Crippen LogP contribution >= 0.6 is 20.2 Å². The third-order valence-electron chi connectivity index (χ3n) is 1.78. The van der Waals surface area contributed by atoms with Gasteiger partial charge in [-0.3, -0.25) is 25.0 Å². The summed E-state index contributed by atoms with van der Waals surface area (Å²) < 4.78 is 12.3. The Kier molecular flexibility index (Phi) is 5.74. The Bertz CT molecular complexity index is 243. The molecule has 0 saturated heterocycles. The van der Waals surface area contributed by atoms with Gasteiger partial charge in [-0.1, -0.05) is 13.3 Å². The van der Waals surface area contributed by atoms with Crippen LogP contribution in [-0.2, 0) is 9.36 Å². The molecule has 1 atom stereocenters. The van der Waals surface area contributed by atoms with Gasteiger partial charge in [0.1, 0.15) is 0 Å². The third-order valence-corrected chi connectivity index (χ3v) is 3.49. The van der Waals surface area contributed by atoms with Crippen LogP contribution < -0.4 is 11.0 Å². The molecule has 0 saturated carbocycles. The SMILES string of the molecule is CCCC(S)C(=O)N(CC)P(N)(N)=O. The van der Waals surface area contributed by atoms with Gasteiger partial charge in [0.05, 0.1) is 5.25 Å². The highest BCUT2D eigenvalue weighted by atomic mass is 32.1. The van der Waals surface area contributed by atoms with Crippen LogP contribution in [0.1, 0.15) is 26.7 Å². The average molecular weight is 239 g/mol. The van der Waals surface area contributed by atoms with Crippen molar-refractivity contribution in [3.05, 3.63) is 0 Å². The predicted molar refractivity (Wildman–Crippen MR) is 61.1 cm³/mol. The summed E-state index contributed by atoms with van der Waals surface area (Å²) in [5.74, 6) is -0.356. The molecule has 0 rings (SSSR count). The summed E-state index contributed by atoms with van der Waals surface area (Å²) in [6, 6.07) is 0. The standard InChI is InChI=1S/C7H18N3O2PS/c1-3-5-6(14)7(11)10(4-2)13(8,9)12/h6,14H,3-5H2,1-2H3,(H4,8,9,12). The zero-order chi connectivity index (χ0) is 11.4. The van der Waals surface area contributed by atoms with Gasteiger partial charge in [0.25, 0.3) is 0 Å². The molecule has 0 fully saturated rings. The number of nitrogens with zero attached hydrogens (tertiary/aromatic N) is 1. The zero-order valence-corrected chi connectivity index (χ0v) is 10.3. The van der Waals surface area contributed by atoms with Crippen molar-refractivity contribution in [1.29, 1.82) is 0 Å². The molecule has 14 heavy (non-hydrogen) atoms. The van der Waals surface area contributed by atoms with E-state index < -0.39 is 12.8 Å². The van der Waals surface area contributed by atoms with Crippen molar-refractivity contribution in [1.82, 2.24) is 4.67 Å². The van der Waals surface area contributed by atoms with E-state index in [0.29, 0.717) is 6.42 Å². The highest BCUT2D eigenvalue weighted by Crippen LogP contribution is 2.32. The second-order valence-corrected chi connectivity index (χ2v) is 5.48. The summed E-state index contributed by atoms with van der Waals surface area (Å²) in [6.45, 7) is 3.86. The van der Waals surface area contributed by atoms with Crippen LogP contribution in [0.15, 0.2) is 0 Å². The predicted octanol–water partition coefficient (Wildman–Crippen LogP) is 0.959. The number of thiol groups is 1. The van der Waals surface area contributed by atoms with Crippen LogP contribution in [0, 0.1) is 0 Å². The fourth-order valence-corrected chi connectivity index (χ4v) is 2.48. The van der Waals surface area contributed by atoms with Crippen LogP contribution in [0.3, 0.4) is 0 Å². The van der Waals surface area contributed by atoms with Crippen LogP contribution in [0.4, 0.5) is 0 Å². The van der Waals surface area contributed by atoms with E-state index in [4.69, 9.17) is 11.0 Å². The molecule has 5 nitrogen and oxygen atoms in total. The topological polar surface area (TPSA) is 89.4 Å². The van der Waals surface area contributed by atoms with Crippen molar-refractivity contribution in [2.24, 2.45) is 11.0 Å². The monoisotopic (exact) mass is 239 g/mol. The molecule has 0 radical (unpaired) electrons. The fraction of sp³-hybridized carbons (Fsp3) is 0.857. The van der Waals surface area contributed by atoms with E-state index in [2.05, 4.69) is 12.6 Å². The summed E-state index contributed by atoms with van der Waals surface area (Å²) >= 11 is 4.11. The van der Waals surface area contributed by atoms with Gasteiger partial charge in [0.15, 0.2) is 0 Å². The Balaban J connectivity index is 4.55. The lowest BCUT2D eigenvalue weighted by molar-refractivity contribution is -0.126.